The maximum atomic E-state index is 12.9. The molecule has 0 amide bonds. The van der Waals surface area contributed by atoms with Crippen molar-refractivity contribution in [1.82, 2.24) is 0 Å². The molecule has 0 fully saturated rings. The molecule has 0 aliphatic heterocycles. The average Bonchev–Trinajstić information content (AvgIpc) is 2.70. The van der Waals surface area contributed by atoms with Crippen LogP contribution in [0.5, 0.6) is 0 Å². The molecule has 1 heterocycles. The highest BCUT2D eigenvalue weighted by atomic mass is 32.1. The number of aryl methyl sites for hydroxylation is 1. The number of hydrogen-bond donors (Lipinski definition) is 0. The lowest BCUT2D eigenvalue weighted by molar-refractivity contribution is -0.184. The van der Waals surface area contributed by atoms with Gasteiger partial charge in [-0.05, 0) is 36.8 Å². The molecule has 0 saturated carbocycles. The van der Waals surface area contributed by atoms with E-state index in [1.54, 1.807) is 25.6 Å². The summed E-state index contributed by atoms with van der Waals surface area (Å²) in [7, 11) is 3.28. The standard InChI is InChI=1S/C23H20O3S/c1-15-8-4-6-10-19(15)23(25-2,26-3)16-12-13-18-21(14-16)27-20-11-7-5-9-17(20)22(18)24/h4-14H,1-3H3. The van der Waals surface area contributed by atoms with E-state index < -0.39 is 5.79 Å². The lowest BCUT2D eigenvalue weighted by atomic mass is 9.93. The highest BCUT2D eigenvalue weighted by molar-refractivity contribution is 7.24. The summed E-state index contributed by atoms with van der Waals surface area (Å²) in [4.78, 5) is 12.9. The second kappa shape index (κ2) is 6.89. The van der Waals surface area contributed by atoms with Crippen molar-refractivity contribution in [2.45, 2.75) is 12.7 Å². The maximum Gasteiger partial charge on any atom is 0.222 e. The van der Waals surface area contributed by atoms with Crippen molar-refractivity contribution in [3.63, 3.8) is 0 Å². The Kier molecular flexibility index (Phi) is 4.56. The minimum atomic E-state index is -1.03. The molecule has 0 atom stereocenters. The maximum absolute atomic E-state index is 12.9. The molecule has 0 aliphatic carbocycles. The Morgan fingerprint density at radius 2 is 1.48 bits per heavy atom. The Balaban J connectivity index is 2.01. The van der Waals surface area contributed by atoms with Crippen LogP contribution in [-0.4, -0.2) is 14.2 Å². The molecule has 27 heavy (non-hydrogen) atoms. The normalized spacial score (nSPS) is 12.0. The van der Waals surface area contributed by atoms with Crippen molar-refractivity contribution in [1.29, 1.82) is 0 Å². The Labute approximate surface area is 161 Å². The Hall–Kier alpha value is -2.53. The number of benzene rings is 3. The molecule has 4 aromatic rings. The van der Waals surface area contributed by atoms with Crippen LogP contribution in [0.1, 0.15) is 16.7 Å². The summed E-state index contributed by atoms with van der Waals surface area (Å²) in [6.45, 7) is 2.04. The van der Waals surface area contributed by atoms with Crippen LogP contribution in [0.2, 0.25) is 0 Å². The van der Waals surface area contributed by atoms with Crippen molar-refractivity contribution in [2.75, 3.05) is 14.2 Å². The number of ether oxygens (including phenoxy) is 2. The van der Waals surface area contributed by atoms with Gasteiger partial charge in [-0.3, -0.25) is 4.79 Å². The van der Waals surface area contributed by atoms with Gasteiger partial charge in [-0.15, -0.1) is 11.3 Å². The number of hydrogen-bond acceptors (Lipinski definition) is 4. The van der Waals surface area contributed by atoms with Crippen LogP contribution in [0.3, 0.4) is 0 Å². The molecule has 4 heteroatoms. The van der Waals surface area contributed by atoms with Gasteiger partial charge >= 0.3 is 0 Å². The Morgan fingerprint density at radius 1 is 0.815 bits per heavy atom. The fourth-order valence-electron chi connectivity index (χ4n) is 3.64. The van der Waals surface area contributed by atoms with Gasteiger partial charge in [-0.25, -0.2) is 0 Å². The summed E-state index contributed by atoms with van der Waals surface area (Å²) in [5.41, 5.74) is 2.94. The minimum Gasteiger partial charge on any atom is -0.346 e. The fourth-order valence-corrected chi connectivity index (χ4v) is 4.75. The van der Waals surface area contributed by atoms with Gasteiger partial charge in [-0.2, -0.15) is 0 Å². The van der Waals surface area contributed by atoms with Crippen LogP contribution >= 0.6 is 11.3 Å². The summed E-state index contributed by atoms with van der Waals surface area (Å²) in [6.07, 6.45) is 0. The van der Waals surface area contributed by atoms with Gasteiger partial charge in [0.2, 0.25) is 5.79 Å². The Bertz CT molecular complexity index is 1190. The van der Waals surface area contributed by atoms with E-state index in [1.165, 1.54) is 0 Å². The molecule has 0 N–H and O–H groups in total. The van der Waals surface area contributed by atoms with Gasteiger partial charge in [0.25, 0.3) is 0 Å². The third-order valence-electron chi connectivity index (χ3n) is 5.03. The summed E-state index contributed by atoms with van der Waals surface area (Å²) < 4.78 is 13.7. The van der Waals surface area contributed by atoms with Crippen LogP contribution in [0.25, 0.3) is 20.2 Å². The zero-order valence-electron chi connectivity index (χ0n) is 15.5. The van der Waals surface area contributed by atoms with E-state index in [9.17, 15) is 4.79 Å². The molecule has 0 saturated heterocycles. The summed E-state index contributed by atoms with van der Waals surface area (Å²) >= 11 is 1.60. The predicted octanol–water partition coefficient (Wildman–Crippen LogP) is 5.22. The minimum absolute atomic E-state index is 0.0576. The second-order valence-electron chi connectivity index (χ2n) is 6.48. The first-order valence-electron chi connectivity index (χ1n) is 8.73. The van der Waals surface area contributed by atoms with Crippen molar-refractivity contribution >= 4 is 31.5 Å². The first-order valence-corrected chi connectivity index (χ1v) is 9.55. The Morgan fingerprint density at radius 3 is 2.22 bits per heavy atom. The molecular weight excluding hydrogens is 356 g/mol. The summed E-state index contributed by atoms with van der Waals surface area (Å²) in [6, 6.07) is 21.5. The molecular formula is C23H20O3S. The fraction of sp³-hybridized carbons (Fsp3) is 0.174. The zero-order chi connectivity index (χ0) is 19.0. The number of methoxy groups -OCH3 is 2. The van der Waals surface area contributed by atoms with Crippen molar-refractivity contribution in [3.05, 3.63) is 93.6 Å². The smallest absolute Gasteiger partial charge is 0.222 e. The molecule has 3 aromatic carbocycles. The van der Waals surface area contributed by atoms with Crippen molar-refractivity contribution in [3.8, 4) is 0 Å². The first-order chi connectivity index (χ1) is 13.1. The lowest BCUT2D eigenvalue weighted by Crippen LogP contribution is -2.33. The summed E-state index contributed by atoms with van der Waals surface area (Å²) in [5, 5.41) is 1.47. The molecule has 4 rings (SSSR count). The van der Waals surface area contributed by atoms with Gasteiger partial charge in [0.05, 0.1) is 0 Å². The zero-order valence-corrected chi connectivity index (χ0v) is 16.3. The summed E-state index contributed by atoms with van der Waals surface area (Å²) in [5.74, 6) is -1.03. The molecule has 0 unspecified atom stereocenters. The van der Waals surface area contributed by atoms with E-state index in [-0.39, 0.29) is 5.43 Å². The average molecular weight is 376 g/mol. The topological polar surface area (TPSA) is 35.5 Å². The molecule has 136 valence electrons. The van der Waals surface area contributed by atoms with Gasteiger partial charge in [0, 0.05) is 45.5 Å². The first kappa shape index (κ1) is 17.9. The van der Waals surface area contributed by atoms with Gasteiger partial charge in [-0.1, -0.05) is 42.5 Å². The van der Waals surface area contributed by atoms with E-state index in [0.29, 0.717) is 5.39 Å². The van der Waals surface area contributed by atoms with E-state index in [1.807, 2.05) is 73.7 Å². The highest BCUT2D eigenvalue weighted by Gasteiger charge is 2.36. The van der Waals surface area contributed by atoms with Gasteiger partial charge in [0.1, 0.15) is 0 Å². The molecule has 1 aromatic heterocycles. The van der Waals surface area contributed by atoms with Crippen molar-refractivity contribution < 1.29 is 9.47 Å². The predicted molar refractivity (Wildman–Crippen MR) is 112 cm³/mol. The molecule has 0 aliphatic rings. The highest BCUT2D eigenvalue weighted by Crippen LogP contribution is 2.38. The largest absolute Gasteiger partial charge is 0.346 e. The van der Waals surface area contributed by atoms with E-state index in [0.717, 1.165) is 31.5 Å². The van der Waals surface area contributed by atoms with Crippen LogP contribution in [0.4, 0.5) is 0 Å². The monoisotopic (exact) mass is 376 g/mol. The second-order valence-corrected chi connectivity index (χ2v) is 7.56. The van der Waals surface area contributed by atoms with Gasteiger partial charge < -0.3 is 9.47 Å². The molecule has 0 radical (unpaired) electrons. The number of rotatable bonds is 4. The van der Waals surface area contributed by atoms with Crippen molar-refractivity contribution in [2.24, 2.45) is 0 Å². The third kappa shape index (κ3) is 2.77. The van der Waals surface area contributed by atoms with Gasteiger partial charge in [0.15, 0.2) is 5.43 Å². The molecule has 0 spiro atoms. The van der Waals surface area contributed by atoms with E-state index >= 15 is 0 Å². The SMILES string of the molecule is COC(OC)(c1ccc2c(=O)c3ccccc3sc2c1)c1ccccc1C. The molecule has 3 nitrogen and oxygen atoms in total. The van der Waals surface area contributed by atoms with Crippen LogP contribution in [0.15, 0.2) is 71.5 Å². The van der Waals surface area contributed by atoms with Crippen LogP contribution in [-0.2, 0) is 15.3 Å². The lowest BCUT2D eigenvalue weighted by Gasteiger charge is -2.33. The molecule has 0 bridgehead atoms. The quantitative estimate of drug-likeness (QED) is 0.362. The van der Waals surface area contributed by atoms with Crippen LogP contribution < -0.4 is 5.43 Å². The third-order valence-corrected chi connectivity index (χ3v) is 6.17. The van der Waals surface area contributed by atoms with Crippen LogP contribution in [0, 0.1) is 6.92 Å². The van der Waals surface area contributed by atoms with E-state index in [2.05, 4.69) is 0 Å². The van der Waals surface area contributed by atoms with E-state index in [4.69, 9.17) is 9.47 Å². The number of fused-ring (bicyclic) bond motifs is 2.